The Kier molecular flexibility index (Phi) is 9.58. The number of amides is 1. The minimum absolute atomic E-state index is 0.103. The van der Waals surface area contributed by atoms with Gasteiger partial charge in [0.25, 0.3) is 10.0 Å². The van der Waals surface area contributed by atoms with Gasteiger partial charge in [-0.1, -0.05) is 49.7 Å². The van der Waals surface area contributed by atoms with E-state index in [4.69, 9.17) is 9.47 Å². The Morgan fingerprint density at radius 3 is 2.05 bits per heavy atom. The van der Waals surface area contributed by atoms with Gasteiger partial charge in [-0.3, -0.25) is 9.10 Å². The zero-order valence-electron chi connectivity index (χ0n) is 24.9. The Morgan fingerprint density at radius 1 is 0.833 bits per heavy atom. The molecule has 0 unspecified atom stereocenters. The van der Waals surface area contributed by atoms with Crippen LogP contribution in [0, 0.1) is 13.8 Å². The molecule has 4 rings (SSSR count). The van der Waals surface area contributed by atoms with Crippen LogP contribution in [0.25, 0.3) is 0 Å². The van der Waals surface area contributed by atoms with Crippen molar-refractivity contribution in [2.45, 2.75) is 51.5 Å². The Balaban J connectivity index is 1.62. The smallest absolute Gasteiger partial charge is 0.264 e. The quantitative estimate of drug-likeness (QED) is 0.199. The van der Waals surface area contributed by atoms with Crippen molar-refractivity contribution in [1.29, 1.82) is 0 Å². The molecular weight excluding hydrogens is 548 g/mol. The first-order chi connectivity index (χ1) is 20.0. The summed E-state index contributed by atoms with van der Waals surface area (Å²) >= 11 is 0. The zero-order chi connectivity index (χ0) is 30.4. The van der Waals surface area contributed by atoms with Gasteiger partial charge in [-0.05, 0) is 104 Å². The van der Waals surface area contributed by atoms with Crippen molar-refractivity contribution in [3.05, 3.63) is 113 Å². The van der Waals surface area contributed by atoms with E-state index in [-0.39, 0.29) is 16.9 Å². The number of anilines is 1. The number of hydrogen-bond acceptors (Lipinski definition) is 5. The molecule has 0 saturated carbocycles. The third-order valence-corrected chi connectivity index (χ3v) is 8.87. The fourth-order valence-corrected chi connectivity index (χ4v) is 6.18. The molecule has 0 fully saturated rings. The molecule has 1 atom stereocenters. The summed E-state index contributed by atoms with van der Waals surface area (Å²) in [6, 6.07) is 26.2. The average molecular weight is 587 g/mol. The van der Waals surface area contributed by atoms with Crippen LogP contribution in [0.15, 0.2) is 95.9 Å². The van der Waals surface area contributed by atoms with E-state index in [0.29, 0.717) is 17.2 Å². The summed E-state index contributed by atoms with van der Waals surface area (Å²) in [7, 11) is -2.41. The van der Waals surface area contributed by atoms with E-state index in [2.05, 4.69) is 25.2 Å². The van der Waals surface area contributed by atoms with E-state index in [9.17, 15) is 13.2 Å². The first-order valence-corrected chi connectivity index (χ1v) is 15.3. The second-order valence-electron chi connectivity index (χ2n) is 10.6. The number of aryl methyl sites for hydroxylation is 2. The van der Waals surface area contributed by atoms with Crippen LogP contribution in [-0.2, 0) is 14.8 Å². The van der Waals surface area contributed by atoms with Gasteiger partial charge in [0.2, 0.25) is 5.91 Å². The second kappa shape index (κ2) is 13.1. The summed E-state index contributed by atoms with van der Waals surface area (Å²) in [5, 5.41) is 3.01. The average Bonchev–Trinajstić information content (AvgIpc) is 2.96. The van der Waals surface area contributed by atoms with Crippen LogP contribution < -0.4 is 19.1 Å². The lowest BCUT2D eigenvalue weighted by Gasteiger charge is -2.26. The van der Waals surface area contributed by atoms with E-state index in [0.717, 1.165) is 32.3 Å². The maximum Gasteiger partial charge on any atom is 0.264 e. The Morgan fingerprint density at radius 2 is 1.45 bits per heavy atom. The van der Waals surface area contributed by atoms with E-state index < -0.39 is 22.5 Å². The first-order valence-electron chi connectivity index (χ1n) is 13.9. The summed E-state index contributed by atoms with van der Waals surface area (Å²) in [6.07, 6.45) is 0. The fourth-order valence-electron chi connectivity index (χ4n) is 4.76. The zero-order valence-corrected chi connectivity index (χ0v) is 25.7. The normalized spacial score (nSPS) is 12.1. The molecule has 0 bridgehead atoms. The van der Waals surface area contributed by atoms with Crippen molar-refractivity contribution >= 4 is 21.6 Å². The lowest BCUT2D eigenvalue weighted by molar-refractivity contribution is -0.120. The fraction of sp³-hybridized carbons (Fsp3) is 0.265. The highest BCUT2D eigenvalue weighted by Gasteiger charge is 2.28. The van der Waals surface area contributed by atoms with Crippen molar-refractivity contribution in [3.63, 3.8) is 0 Å². The summed E-state index contributed by atoms with van der Waals surface area (Å²) in [5.74, 6) is 1.82. The molecule has 0 aliphatic carbocycles. The van der Waals surface area contributed by atoms with Gasteiger partial charge in [0.15, 0.2) is 0 Å². The molecular formula is C34H38N2O5S. The molecule has 220 valence electrons. The minimum atomic E-state index is -4.06. The molecule has 4 aromatic carbocycles. The predicted octanol–water partition coefficient (Wildman–Crippen LogP) is 7.30. The lowest BCUT2D eigenvalue weighted by atomic mass is 9.93. The topological polar surface area (TPSA) is 84.9 Å². The number of carbonyl (C=O) groups is 1. The number of sulfonamides is 1. The number of ether oxygens (including phenoxy) is 2. The Hall–Kier alpha value is -4.30. The van der Waals surface area contributed by atoms with Crippen LogP contribution in [0.5, 0.6) is 17.2 Å². The van der Waals surface area contributed by atoms with Gasteiger partial charge in [-0.2, -0.15) is 0 Å². The molecule has 0 saturated heterocycles. The van der Waals surface area contributed by atoms with Crippen molar-refractivity contribution in [2.75, 3.05) is 18.0 Å². The van der Waals surface area contributed by atoms with Crippen molar-refractivity contribution in [2.24, 2.45) is 0 Å². The van der Waals surface area contributed by atoms with Gasteiger partial charge in [-0.15, -0.1) is 0 Å². The van der Waals surface area contributed by atoms with Crippen LogP contribution in [0.1, 0.15) is 55.0 Å². The van der Waals surface area contributed by atoms with Gasteiger partial charge in [0.05, 0.1) is 23.7 Å². The Labute approximate surface area is 249 Å². The maximum absolute atomic E-state index is 13.9. The van der Waals surface area contributed by atoms with Crippen LogP contribution in [0.2, 0.25) is 0 Å². The van der Waals surface area contributed by atoms with Gasteiger partial charge >= 0.3 is 0 Å². The molecule has 4 aromatic rings. The molecule has 0 aromatic heterocycles. The van der Waals surface area contributed by atoms with E-state index in [1.807, 2.05) is 57.2 Å². The number of benzene rings is 4. The first kappa shape index (κ1) is 30.7. The number of para-hydroxylation sites is 1. The lowest BCUT2D eigenvalue weighted by Crippen LogP contribution is -2.41. The van der Waals surface area contributed by atoms with Crippen molar-refractivity contribution in [1.82, 2.24) is 5.32 Å². The molecule has 0 spiro atoms. The van der Waals surface area contributed by atoms with E-state index in [1.165, 1.54) is 0 Å². The maximum atomic E-state index is 13.9. The predicted molar refractivity (Wildman–Crippen MR) is 167 cm³/mol. The van der Waals surface area contributed by atoms with Crippen molar-refractivity contribution < 1.29 is 22.7 Å². The molecule has 1 N–H and O–H groups in total. The van der Waals surface area contributed by atoms with Crippen molar-refractivity contribution in [3.8, 4) is 17.2 Å². The number of nitrogens with one attached hydrogen (secondary N) is 1. The highest BCUT2D eigenvalue weighted by Crippen LogP contribution is 2.32. The third kappa shape index (κ3) is 7.12. The van der Waals surface area contributed by atoms with Gasteiger partial charge in [0, 0.05) is 0 Å². The molecule has 1 amide bonds. The summed E-state index contributed by atoms with van der Waals surface area (Å²) < 4.78 is 40.3. The number of rotatable bonds is 11. The molecule has 0 aliphatic rings. The van der Waals surface area contributed by atoms with Crippen LogP contribution >= 0.6 is 0 Å². The second-order valence-corrected chi connectivity index (χ2v) is 12.5. The summed E-state index contributed by atoms with van der Waals surface area (Å²) in [4.78, 5) is 13.5. The van der Waals surface area contributed by atoms with Gasteiger partial charge < -0.3 is 14.8 Å². The molecule has 0 heterocycles. The van der Waals surface area contributed by atoms with Gasteiger partial charge in [0.1, 0.15) is 23.8 Å². The molecule has 42 heavy (non-hydrogen) atoms. The SMILES string of the molecule is COc1cc(C)c([C@H](C)NC(=O)CN(c2ccc(Oc3ccccc3)cc2)S(=O)(=O)c2ccc(C)cc2)cc1C(C)C. The van der Waals surface area contributed by atoms with E-state index in [1.54, 1.807) is 55.6 Å². The highest BCUT2D eigenvalue weighted by molar-refractivity contribution is 7.92. The van der Waals surface area contributed by atoms with Crippen LogP contribution in [0.3, 0.4) is 0 Å². The molecule has 7 nitrogen and oxygen atoms in total. The number of nitrogens with zero attached hydrogens (tertiary/aromatic N) is 1. The van der Waals surface area contributed by atoms with Crippen LogP contribution in [-0.4, -0.2) is 28.0 Å². The Bertz CT molecular complexity index is 1620. The molecule has 8 heteroatoms. The summed E-state index contributed by atoms with van der Waals surface area (Å²) in [5.41, 5.74) is 4.25. The third-order valence-electron chi connectivity index (χ3n) is 7.08. The summed E-state index contributed by atoms with van der Waals surface area (Å²) in [6.45, 7) is 9.53. The highest BCUT2D eigenvalue weighted by atomic mass is 32.2. The van der Waals surface area contributed by atoms with Crippen LogP contribution in [0.4, 0.5) is 5.69 Å². The largest absolute Gasteiger partial charge is 0.496 e. The number of carbonyl (C=O) groups excluding carboxylic acids is 1. The minimum Gasteiger partial charge on any atom is -0.496 e. The monoisotopic (exact) mass is 586 g/mol. The number of hydrogen-bond donors (Lipinski definition) is 1. The molecule has 0 aliphatic heterocycles. The standard InChI is InChI=1S/C34H38N2O5S/c1-23(2)31-21-32(25(4)20-33(31)40-6)26(5)35-34(37)22-36(42(38,39)30-18-12-24(3)13-19-30)27-14-16-29(17-15-27)41-28-10-8-7-9-11-28/h7-21,23,26H,22H2,1-6H3,(H,35,37)/t26-/m0/s1. The van der Waals surface area contributed by atoms with E-state index >= 15 is 0 Å². The number of methoxy groups -OCH3 is 1. The molecule has 0 radical (unpaired) electrons. The van der Waals surface area contributed by atoms with Gasteiger partial charge in [-0.25, -0.2) is 8.42 Å².